The fraction of sp³-hybridized carbons (Fsp3) is 0. The Labute approximate surface area is 134 Å². The Bertz CT molecular complexity index is 812. The molecule has 0 atom stereocenters. The van der Waals surface area contributed by atoms with Gasteiger partial charge in [0.25, 0.3) is 11.6 Å². The second-order valence-electron chi connectivity index (χ2n) is 3.93. The van der Waals surface area contributed by atoms with Crippen LogP contribution < -0.4 is 0 Å². The van der Waals surface area contributed by atoms with Gasteiger partial charge < -0.3 is 4.52 Å². The maximum Gasteiger partial charge on any atom is 0.279 e. The van der Waals surface area contributed by atoms with Gasteiger partial charge in [-0.15, -0.1) is 0 Å². The van der Waals surface area contributed by atoms with E-state index in [1.807, 2.05) is 0 Å². The number of nitrogens with zero attached hydrogens (tertiary/aromatic N) is 4. The number of aromatic amines is 1. The largest absolute Gasteiger partial charge is 0.332 e. The van der Waals surface area contributed by atoms with E-state index in [4.69, 9.17) is 4.52 Å². The second-order valence-corrected chi connectivity index (χ2v) is 5.51. The number of hydrogen-bond acceptors (Lipinski definition) is 6. The Morgan fingerprint density at radius 1 is 1.24 bits per heavy atom. The number of benzene rings is 1. The molecular formula is C11H5Br2N5O3. The lowest BCUT2D eigenvalue weighted by Gasteiger charge is -1.93. The van der Waals surface area contributed by atoms with Crippen LogP contribution in [0.4, 0.5) is 5.69 Å². The average Bonchev–Trinajstić information content (AvgIpc) is 3.07. The highest BCUT2D eigenvalue weighted by atomic mass is 79.9. The fourth-order valence-corrected chi connectivity index (χ4v) is 2.24. The van der Waals surface area contributed by atoms with Gasteiger partial charge in [-0.1, -0.05) is 5.16 Å². The van der Waals surface area contributed by atoms with Crippen molar-refractivity contribution in [3.05, 3.63) is 43.5 Å². The summed E-state index contributed by atoms with van der Waals surface area (Å²) in [4.78, 5) is 14.4. The summed E-state index contributed by atoms with van der Waals surface area (Å²) in [6, 6.07) is 5.88. The van der Waals surface area contributed by atoms with E-state index in [1.54, 1.807) is 12.1 Å². The molecule has 8 nitrogen and oxygen atoms in total. The van der Waals surface area contributed by atoms with Gasteiger partial charge in [0, 0.05) is 17.7 Å². The first-order valence-electron chi connectivity index (χ1n) is 5.54. The van der Waals surface area contributed by atoms with Crippen molar-refractivity contribution in [1.29, 1.82) is 0 Å². The number of non-ortho nitro benzene ring substituents is 1. The van der Waals surface area contributed by atoms with Gasteiger partial charge in [-0.05, 0) is 44.0 Å². The third kappa shape index (κ3) is 2.59. The first-order valence-corrected chi connectivity index (χ1v) is 7.13. The average molecular weight is 415 g/mol. The normalized spacial score (nSPS) is 10.8. The van der Waals surface area contributed by atoms with Gasteiger partial charge in [0.15, 0.2) is 5.69 Å². The summed E-state index contributed by atoms with van der Waals surface area (Å²) in [5.74, 6) is 0.558. The van der Waals surface area contributed by atoms with Gasteiger partial charge in [0.05, 0.1) is 9.40 Å². The van der Waals surface area contributed by atoms with E-state index < -0.39 is 4.92 Å². The minimum absolute atomic E-state index is 0.00134. The van der Waals surface area contributed by atoms with Crippen molar-refractivity contribution in [2.75, 3.05) is 0 Å². The molecule has 2 aromatic heterocycles. The Morgan fingerprint density at radius 2 is 1.95 bits per heavy atom. The van der Waals surface area contributed by atoms with Crippen LogP contribution in [0, 0.1) is 10.1 Å². The number of aromatic nitrogens is 4. The zero-order valence-corrected chi connectivity index (χ0v) is 13.3. The first kappa shape index (κ1) is 13.9. The molecule has 0 amide bonds. The van der Waals surface area contributed by atoms with Gasteiger partial charge in [-0.3, -0.25) is 15.2 Å². The summed E-state index contributed by atoms with van der Waals surface area (Å²) in [6.45, 7) is 0. The SMILES string of the molecule is O=[N+]([O-])c1ccc(-c2noc(-c3n[nH]c(Br)c3Br)n2)cc1. The van der Waals surface area contributed by atoms with Crippen LogP contribution in [0.15, 0.2) is 37.9 Å². The van der Waals surface area contributed by atoms with Crippen molar-refractivity contribution in [2.45, 2.75) is 0 Å². The van der Waals surface area contributed by atoms with Gasteiger partial charge in [-0.2, -0.15) is 10.1 Å². The molecule has 2 heterocycles. The van der Waals surface area contributed by atoms with E-state index in [-0.39, 0.29) is 11.6 Å². The van der Waals surface area contributed by atoms with Crippen LogP contribution in [-0.2, 0) is 0 Å². The van der Waals surface area contributed by atoms with Gasteiger partial charge in [0.2, 0.25) is 5.82 Å². The van der Waals surface area contributed by atoms with E-state index >= 15 is 0 Å². The topological polar surface area (TPSA) is 111 Å². The van der Waals surface area contributed by atoms with Crippen LogP contribution in [0.2, 0.25) is 0 Å². The highest BCUT2D eigenvalue weighted by Crippen LogP contribution is 2.31. The standard InChI is InChI=1S/C11H5Br2N5O3/c12-7-8(15-16-9(7)13)11-14-10(17-21-11)5-1-3-6(4-2-5)18(19)20/h1-4H,(H,15,16). The molecule has 0 aliphatic heterocycles. The minimum atomic E-state index is -0.468. The molecule has 0 aliphatic carbocycles. The van der Waals surface area contributed by atoms with E-state index in [9.17, 15) is 10.1 Å². The fourth-order valence-electron chi connectivity index (χ4n) is 1.62. The minimum Gasteiger partial charge on any atom is -0.332 e. The predicted octanol–water partition coefficient (Wildman–Crippen LogP) is 3.56. The van der Waals surface area contributed by atoms with Gasteiger partial charge in [0.1, 0.15) is 4.60 Å². The molecule has 106 valence electrons. The molecule has 0 fully saturated rings. The van der Waals surface area contributed by atoms with E-state index in [0.717, 1.165) is 0 Å². The molecule has 1 aromatic carbocycles. The third-order valence-corrected chi connectivity index (χ3v) is 4.51. The van der Waals surface area contributed by atoms with Crippen molar-refractivity contribution in [1.82, 2.24) is 20.3 Å². The zero-order valence-electron chi connectivity index (χ0n) is 10.1. The maximum atomic E-state index is 10.6. The van der Waals surface area contributed by atoms with Crippen molar-refractivity contribution in [2.24, 2.45) is 0 Å². The van der Waals surface area contributed by atoms with Crippen LogP contribution >= 0.6 is 31.9 Å². The number of nitro groups is 1. The Balaban J connectivity index is 1.94. The Morgan fingerprint density at radius 3 is 2.52 bits per heavy atom. The second kappa shape index (κ2) is 5.37. The number of rotatable bonds is 3. The van der Waals surface area contributed by atoms with E-state index in [2.05, 4.69) is 52.2 Å². The highest BCUT2D eigenvalue weighted by molar-refractivity contribution is 9.13. The lowest BCUT2D eigenvalue weighted by molar-refractivity contribution is -0.384. The van der Waals surface area contributed by atoms with Crippen LogP contribution in [0.3, 0.4) is 0 Å². The molecular weight excluding hydrogens is 410 g/mol. The number of nitrogens with one attached hydrogen (secondary N) is 1. The number of nitro benzene ring substituents is 1. The molecule has 0 saturated heterocycles. The molecule has 1 N–H and O–H groups in total. The lowest BCUT2D eigenvalue weighted by Crippen LogP contribution is -1.88. The number of halogens is 2. The summed E-state index contributed by atoms with van der Waals surface area (Å²) in [6.07, 6.45) is 0. The van der Waals surface area contributed by atoms with Gasteiger partial charge >= 0.3 is 0 Å². The summed E-state index contributed by atoms with van der Waals surface area (Å²) >= 11 is 6.60. The van der Waals surface area contributed by atoms with Crippen molar-refractivity contribution in [3.8, 4) is 23.0 Å². The molecule has 3 rings (SSSR count). The molecule has 0 bridgehead atoms. The van der Waals surface area contributed by atoms with Crippen LogP contribution in [0.25, 0.3) is 23.0 Å². The summed E-state index contributed by atoms with van der Waals surface area (Å²) in [5, 5.41) is 21.2. The summed E-state index contributed by atoms with van der Waals surface area (Å²) < 4.78 is 6.48. The molecule has 10 heteroatoms. The van der Waals surface area contributed by atoms with Crippen LogP contribution in [0.1, 0.15) is 0 Å². The third-order valence-electron chi connectivity index (χ3n) is 2.63. The van der Waals surface area contributed by atoms with Gasteiger partial charge in [-0.25, -0.2) is 0 Å². The zero-order chi connectivity index (χ0) is 15.0. The molecule has 21 heavy (non-hydrogen) atoms. The molecule has 0 saturated carbocycles. The number of H-pyrrole nitrogens is 1. The Hall–Kier alpha value is -2.07. The summed E-state index contributed by atoms with van der Waals surface area (Å²) in [5.41, 5.74) is 1.09. The van der Waals surface area contributed by atoms with Crippen LogP contribution in [-0.4, -0.2) is 25.3 Å². The molecule has 0 unspecified atom stereocenters. The highest BCUT2D eigenvalue weighted by Gasteiger charge is 2.18. The molecule has 0 radical (unpaired) electrons. The monoisotopic (exact) mass is 413 g/mol. The van der Waals surface area contributed by atoms with Crippen molar-refractivity contribution in [3.63, 3.8) is 0 Å². The van der Waals surface area contributed by atoms with Crippen LogP contribution in [0.5, 0.6) is 0 Å². The molecule has 3 aromatic rings. The predicted molar refractivity (Wildman–Crippen MR) is 79.4 cm³/mol. The number of hydrogen-bond donors (Lipinski definition) is 1. The quantitative estimate of drug-likeness (QED) is 0.518. The van der Waals surface area contributed by atoms with Crippen molar-refractivity contribution < 1.29 is 9.45 Å². The first-order chi connectivity index (χ1) is 10.1. The Kier molecular flexibility index (Phi) is 3.55. The smallest absolute Gasteiger partial charge is 0.279 e. The van der Waals surface area contributed by atoms with E-state index in [1.165, 1.54) is 12.1 Å². The molecule has 0 spiro atoms. The van der Waals surface area contributed by atoms with E-state index in [0.29, 0.717) is 26.2 Å². The maximum absolute atomic E-state index is 10.6. The molecule has 0 aliphatic rings. The lowest BCUT2D eigenvalue weighted by atomic mass is 10.2. The van der Waals surface area contributed by atoms with Crippen molar-refractivity contribution >= 4 is 37.5 Å². The summed E-state index contributed by atoms with van der Waals surface area (Å²) in [7, 11) is 0.